The molecule has 2 N–H and O–H groups in total. The second kappa shape index (κ2) is 6.13. The van der Waals surface area contributed by atoms with Crippen molar-refractivity contribution in [1.29, 1.82) is 0 Å². The molecule has 0 bridgehead atoms. The molecular weight excluding hydrogens is 354 g/mol. The van der Waals surface area contributed by atoms with Gasteiger partial charge in [-0.25, -0.2) is 0 Å². The summed E-state index contributed by atoms with van der Waals surface area (Å²) in [5.41, 5.74) is 3.88. The van der Waals surface area contributed by atoms with Gasteiger partial charge in [-0.2, -0.15) is 4.73 Å². The zero-order chi connectivity index (χ0) is 19.3. The van der Waals surface area contributed by atoms with E-state index in [1.54, 1.807) is 17.1 Å². The SMILES string of the molecule is CCOn1cc(C2=C(c3c[nH]c4ccccc34)C(=O)NC2=O)c2ccccc21. The highest BCUT2D eigenvalue weighted by Gasteiger charge is 2.35. The number of para-hydroxylation sites is 2. The summed E-state index contributed by atoms with van der Waals surface area (Å²) in [4.78, 5) is 34.4. The zero-order valence-electron chi connectivity index (χ0n) is 15.2. The van der Waals surface area contributed by atoms with Crippen LogP contribution in [-0.4, -0.2) is 28.1 Å². The van der Waals surface area contributed by atoms with Crippen LogP contribution in [0.4, 0.5) is 0 Å². The molecule has 0 radical (unpaired) electrons. The maximum atomic E-state index is 12.8. The van der Waals surface area contributed by atoms with E-state index in [2.05, 4.69) is 10.3 Å². The normalized spacial score (nSPS) is 14.3. The van der Waals surface area contributed by atoms with Crippen LogP contribution in [-0.2, 0) is 9.59 Å². The molecule has 28 heavy (non-hydrogen) atoms. The van der Waals surface area contributed by atoms with E-state index in [-0.39, 0.29) is 0 Å². The maximum absolute atomic E-state index is 12.8. The number of carbonyl (C=O) groups is 2. The lowest BCUT2D eigenvalue weighted by Gasteiger charge is -2.04. The minimum atomic E-state index is -0.398. The standard InChI is InChI=1S/C22H17N3O3/c1-2-28-25-12-16(14-8-4-6-10-18(14)25)20-19(21(26)24-22(20)27)15-11-23-17-9-5-3-7-13(15)17/h3-12,23H,2H2,1H3,(H,24,26,27). The number of imide groups is 1. The number of nitrogens with zero attached hydrogens (tertiary/aromatic N) is 1. The highest BCUT2D eigenvalue weighted by Crippen LogP contribution is 2.37. The first kappa shape index (κ1) is 16.4. The third kappa shape index (κ3) is 2.28. The first-order valence-electron chi connectivity index (χ1n) is 9.09. The number of aromatic amines is 1. The van der Waals surface area contributed by atoms with Crippen LogP contribution in [0.2, 0.25) is 0 Å². The second-order valence-corrected chi connectivity index (χ2v) is 6.58. The predicted octanol–water partition coefficient (Wildman–Crippen LogP) is 3.14. The molecule has 3 heterocycles. The molecule has 2 amide bonds. The van der Waals surface area contributed by atoms with Crippen LogP contribution in [0.15, 0.2) is 60.9 Å². The molecule has 0 saturated heterocycles. The number of benzene rings is 2. The van der Waals surface area contributed by atoms with Crippen molar-refractivity contribution >= 4 is 44.8 Å². The van der Waals surface area contributed by atoms with Crippen LogP contribution < -0.4 is 10.2 Å². The Kier molecular flexibility index (Phi) is 3.58. The van der Waals surface area contributed by atoms with Crippen molar-refractivity contribution in [3.8, 4) is 0 Å². The summed E-state index contributed by atoms with van der Waals surface area (Å²) >= 11 is 0. The maximum Gasteiger partial charge on any atom is 0.259 e. The van der Waals surface area contributed by atoms with Gasteiger partial charge in [-0.1, -0.05) is 36.4 Å². The molecule has 5 rings (SSSR count). The zero-order valence-corrected chi connectivity index (χ0v) is 15.2. The van der Waals surface area contributed by atoms with E-state index < -0.39 is 11.8 Å². The monoisotopic (exact) mass is 371 g/mol. The number of nitrogens with one attached hydrogen (secondary N) is 2. The fourth-order valence-electron chi connectivity index (χ4n) is 3.84. The molecule has 2 aromatic heterocycles. The van der Waals surface area contributed by atoms with Gasteiger partial charge in [0.2, 0.25) is 0 Å². The molecule has 138 valence electrons. The number of hydrogen-bond donors (Lipinski definition) is 2. The molecule has 0 spiro atoms. The topological polar surface area (TPSA) is 76.1 Å². The van der Waals surface area contributed by atoms with Crippen molar-refractivity contribution in [2.75, 3.05) is 6.61 Å². The molecule has 0 atom stereocenters. The van der Waals surface area contributed by atoms with Crippen LogP contribution >= 0.6 is 0 Å². The number of carbonyl (C=O) groups excluding carboxylic acids is 2. The van der Waals surface area contributed by atoms with Crippen LogP contribution in [0.5, 0.6) is 0 Å². The highest BCUT2D eigenvalue weighted by molar-refractivity contribution is 6.50. The molecule has 0 fully saturated rings. The van der Waals surface area contributed by atoms with E-state index in [0.717, 1.165) is 21.8 Å². The van der Waals surface area contributed by atoms with Gasteiger partial charge in [0.05, 0.1) is 22.9 Å². The van der Waals surface area contributed by atoms with E-state index in [0.29, 0.717) is 28.9 Å². The Labute approximate surface area is 160 Å². The lowest BCUT2D eigenvalue weighted by molar-refractivity contribution is -0.122. The third-order valence-electron chi connectivity index (χ3n) is 5.01. The number of fused-ring (bicyclic) bond motifs is 2. The average molecular weight is 371 g/mol. The number of H-pyrrole nitrogens is 1. The van der Waals surface area contributed by atoms with Crippen molar-refractivity contribution in [2.24, 2.45) is 0 Å². The highest BCUT2D eigenvalue weighted by atomic mass is 16.7. The molecule has 0 aliphatic carbocycles. The number of hydrogen-bond acceptors (Lipinski definition) is 3. The van der Waals surface area contributed by atoms with Crippen molar-refractivity contribution in [1.82, 2.24) is 15.0 Å². The van der Waals surface area contributed by atoms with Crippen LogP contribution in [0.3, 0.4) is 0 Å². The van der Waals surface area contributed by atoms with Gasteiger partial charge in [0.15, 0.2) is 0 Å². The Morgan fingerprint density at radius 2 is 1.57 bits per heavy atom. The van der Waals surface area contributed by atoms with Gasteiger partial charge in [0.25, 0.3) is 11.8 Å². The second-order valence-electron chi connectivity index (χ2n) is 6.58. The van der Waals surface area contributed by atoms with Gasteiger partial charge in [0.1, 0.15) is 6.61 Å². The van der Waals surface area contributed by atoms with Gasteiger partial charge in [-0.05, 0) is 19.1 Å². The minimum Gasteiger partial charge on any atom is -0.414 e. The molecule has 0 unspecified atom stereocenters. The molecule has 6 nitrogen and oxygen atoms in total. The summed E-state index contributed by atoms with van der Waals surface area (Å²) in [5.74, 6) is -0.789. The fraction of sp³-hybridized carbons (Fsp3) is 0.0909. The van der Waals surface area contributed by atoms with E-state index >= 15 is 0 Å². The largest absolute Gasteiger partial charge is 0.414 e. The molecule has 1 aliphatic heterocycles. The lowest BCUT2D eigenvalue weighted by atomic mass is 9.95. The lowest BCUT2D eigenvalue weighted by Crippen LogP contribution is -2.22. The van der Waals surface area contributed by atoms with E-state index in [9.17, 15) is 9.59 Å². The first-order valence-corrected chi connectivity index (χ1v) is 9.09. The Balaban J connectivity index is 1.83. The van der Waals surface area contributed by atoms with E-state index in [4.69, 9.17) is 4.84 Å². The Bertz CT molecular complexity index is 1290. The summed E-state index contributed by atoms with van der Waals surface area (Å²) < 4.78 is 1.65. The van der Waals surface area contributed by atoms with Crippen molar-refractivity contribution < 1.29 is 14.4 Å². The van der Waals surface area contributed by atoms with Gasteiger partial charge in [-0.15, -0.1) is 0 Å². The fourth-order valence-corrected chi connectivity index (χ4v) is 3.84. The molecule has 1 aliphatic rings. The molecule has 0 saturated carbocycles. The number of rotatable bonds is 4. The van der Waals surface area contributed by atoms with E-state index in [1.165, 1.54) is 0 Å². The summed E-state index contributed by atoms with van der Waals surface area (Å²) in [6.45, 7) is 2.38. The summed E-state index contributed by atoms with van der Waals surface area (Å²) in [5, 5.41) is 4.21. The number of aromatic nitrogens is 2. The van der Waals surface area contributed by atoms with Crippen molar-refractivity contribution in [3.05, 3.63) is 72.1 Å². The minimum absolute atomic E-state index is 0.365. The molecule has 6 heteroatoms. The van der Waals surface area contributed by atoms with Crippen molar-refractivity contribution in [3.63, 3.8) is 0 Å². The molecular formula is C22H17N3O3. The van der Waals surface area contributed by atoms with Gasteiger partial charge < -0.3 is 9.82 Å². The Hall–Kier alpha value is -3.80. The van der Waals surface area contributed by atoms with Crippen LogP contribution in [0, 0.1) is 0 Å². The van der Waals surface area contributed by atoms with Crippen molar-refractivity contribution in [2.45, 2.75) is 6.92 Å². The van der Waals surface area contributed by atoms with Gasteiger partial charge in [-0.3, -0.25) is 14.9 Å². The summed E-state index contributed by atoms with van der Waals surface area (Å²) in [6, 6.07) is 15.4. The Morgan fingerprint density at radius 3 is 2.36 bits per heavy atom. The quantitative estimate of drug-likeness (QED) is 0.541. The Morgan fingerprint density at radius 1 is 0.893 bits per heavy atom. The average Bonchev–Trinajstić information content (AvgIpc) is 3.36. The van der Waals surface area contributed by atoms with Crippen LogP contribution in [0.1, 0.15) is 18.1 Å². The molecule has 4 aromatic rings. The number of amides is 2. The third-order valence-corrected chi connectivity index (χ3v) is 5.01. The van der Waals surface area contributed by atoms with Gasteiger partial charge >= 0.3 is 0 Å². The molecule has 2 aromatic carbocycles. The smallest absolute Gasteiger partial charge is 0.259 e. The van der Waals surface area contributed by atoms with E-state index in [1.807, 2.05) is 55.5 Å². The van der Waals surface area contributed by atoms with Gasteiger partial charge in [0, 0.05) is 33.6 Å². The summed E-state index contributed by atoms with van der Waals surface area (Å²) in [7, 11) is 0. The first-order chi connectivity index (χ1) is 13.7. The summed E-state index contributed by atoms with van der Waals surface area (Å²) in [6.07, 6.45) is 3.55. The predicted molar refractivity (Wildman–Crippen MR) is 107 cm³/mol. The van der Waals surface area contributed by atoms with Crippen LogP contribution in [0.25, 0.3) is 33.0 Å².